The van der Waals surface area contributed by atoms with Gasteiger partial charge in [0.2, 0.25) is 10.0 Å². The molecule has 4 nitrogen and oxygen atoms in total. The highest BCUT2D eigenvalue weighted by Gasteiger charge is 2.33. The van der Waals surface area contributed by atoms with E-state index >= 15 is 0 Å². The van der Waals surface area contributed by atoms with E-state index in [0.29, 0.717) is 17.4 Å². The third-order valence-electron chi connectivity index (χ3n) is 4.45. The normalized spacial score (nSPS) is 27.1. The molecule has 20 heavy (non-hydrogen) atoms. The zero-order chi connectivity index (χ0) is 14.3. The minimum absolute atomic E-state index is 0.0996. The molecule has 0 spiro atoms. The monoisotopic (exact) mass is 294 g/mol. The first-order chi connectivity index (χ1) is 9.48. The molecule has 2 aliphatic heterocycles. The summed E-state index contributed by atoms with van der Waals surface area (Å²) in [5.41, 5.74) is 2.19. The van der Waals surface area contributed by atoms with E-state index in [1.165, 1.54) is 0 Å². The average Bonchev–Trinajstić information content (AvgIpc) is 2.88. The van der Waals surface area contributed by atoms with E-state index in [9.17, 15) is 8.42 Å². The molecule has 1 aromatic rings. The summed E-state index contributed by atoms with van der Waals surface area (Å²) < 4.78 is 27.4. The van der Waals surface area contributed by atoms with Crippen LogP contribution in [-0.2, 0) is 16.4 Å². The first-order valence-electron chi connectivity index (χ1n) is 7.37. The molecule has 0 radical (unpaired) electrons. The van der Waals surface area contributed by atoms with Crippen molar-refractivity contribution in [3.8, 4) is 0 Å². The summed E-state index contributed by atoms with van der Waals surface area (Å²) in [6.45, 7) is 5.67. The van der Waals surface area contributed by atoms with Gasteiger partial charge in [0.1, 0.15) is 0 Å². The average molecular weight is 294 g/mol. The molecule has 2 heterocycles. The van der Waals surface area contributed by atoms with E-state index in [1.807, 2.05) is 19.1 Å². The molecule has 1 aromatic carbocycles. The summed E-state index contributed by atoms with van der Waals surface area (Å²) in [5.74, 6) is 0.442. The van der Waals surface area contributed by atoms with Gasteiger partial charge in [-0.25, -0.2) is 8.42 Å². The van der Waals surface area contributed by atoms with E-state index < -0.39 is 10.0 Å². The quantitative estimate of drug-likeness (QED) is 0.911. The summed E-state index contributed by atoms with van der Waals surface area (Å²) in [6, 6.07) is 5.57. The number of nitrogens with zero attached hydrogens (tertiary/aromatic N) is 1. The number of hydrogen-bond acceptors (Lipinski definition) is 3. The van der Waals surface area contributed by atoms with E-state index in [-0.39, 0.29) is 6.04 Å². The predicted octanol–water partition coefficient (Wildman–Crippen LogP) is 2.46. The minimum atomic E-state index is -3.36. The lowest BCUT2D eigenvalue weighted by atomic mass is 9.97. The van der Waals surface area contributed by atoms with Crippen molar-refractivity contribution in [1.82, 2.24) is 4.31 Å². The van der Waals surface area contributed by atoms with Crippen molar-refractivity contribution in [3.05, 3.63) is 23.8 Å². The fraction of sp³-hybridized carbons (Fsp3) is 0.600. The Morgan fingerprint density at radius 2 is 2.05 bits per heavy atom. The second-order valence-corrected chi connectivity index (χ2v) is 7.99. The molecule has 3 rings (SSSR count). The van der Waals surface area contributed by atoms with Crippen molar-refractivity contribution in [2.24, 2.45) is 5.92 Å². The molecule has 0 amide bonds. The van der Waals surface area contributed by atoms with Gasteiger partial charge >= 0.3 is 0 Å². The molecular weight excluding hydrogens is 272 g/mol. The van der Waals surface area contributed by atoms with Crippen LogP contribution in [0.4, 0.5) is 5.69 Å². The number of sulfonamides is 1. The van der Waals surface area contributed by atoms with E-state index in [4.69, 9.17) is 0 Å². The van der Waals surface area contributed by atoms with Crippen LogP contribution in [0, 0.1) is 5.92 Å². The van der Waals surface area contributed by atoms with Crippen LogP contribution in [0.3, 0.4) is 0 Å². The van der Waals surface area contributed by atoms with Gasteiger partial charge in [-0.05, 0) is 55.9 Å². The molecule has 2 aliphatic rings. The number of benzene rings is 1. The van der Waals surface area contributed by atoms with E-state index in [1.54, 1.807) is 10.4 Å². The fourth-order valence-corrected chi connectivity index (χ4v) is 4.99. The molecule has 1 fully saturated rings. The Balaban J connectivity index is 1.95. The Labute approximate surface area is 121 Å². The molecule has 0 bridgehead atoms. The summed E-state index contributed by atoms with van der Waals surface area (Å²) >= 11 is 0. The third-order valence-corrected chi connectivity index (χ3v) is 6.43. The highest BCUT2D eigenvalue weighted by atomic mass is 32.2. The van der Waals surface area contributed by atoms with Gasteiger partial charge in [-0.15, -0.1) is 0 Å². The number of rotatable bonds is 2. The molecule has 1 saturated heterocycles. The van der Waals surface area contributed by atoms with Gasteiger partial charge in [-0.1, -0.05) is 6.92 Å². The van der Waals surface area contributed by atoms with Crippen LogP contribution < -0.4 is 5.32 Å². The first kappa shape index (κ1) is 13.9. The molecular formula is C15H22N2O2S. The van der Waals surface area contributed by atoms with Gasteiger partial charge in [0.25, 0.3) is 0 Å². The van der Waals surface area contributed by atoms with Crippen molar-refractivity contribution in [2.45, 2.75) is 44.0 Å². The maximum absolute atomic E-state index is 12.8. The highest BCUT2D eigenvalue weighted by Crippen LogP contribution is 2.31. The zero-order valence-electron chi connectivity index (χ0n) is 12.1. The molecule has 2 unspecified atom stereocenters. The lowest BCUT2D eigenvalue weighted by molar-refractivity contribution is 0.218. The molecule has 5 heteroatoms. The molecule has 1 N–H and O–H groups in total. The molecule has 0 saturated carbocycles. The summed E-state index contributed by atoms with van der Waals surface area (Å²) in [5, 5.41) is 3.27. The number of fused-ring (bicyclic) bond motifs is 1. The number of nitrogens with one attached hydrogen (secondary N) is 1. The highest BCUT2D eigenvalue weighted by molar-refractivity contribution is 7.89. The van der Waals surface area contributed by atoms with Crippen LogP contribution in [-0.4, -0.2) is 31.9 Å². The maximum atomic E-state index is 12.8. The van der Waals surface area contributed by atoms with Gasteiger partial charge in [-0.2, -0.15) is 4.31 Å². The van der Waals surface area contributed by atoms with Crippen molar-refractivity contribution in [3.63, 3.8) is 0 Å². The topological polar surface area (TPSA) is 49.4 Å². The zero-order valence-corrected chi connectivity index (χ0v) is 12.9. The first-order valence-corrected chi connectivity index (χ1v) is 8.81. The molecule has 110 valence electrons. The molecule has 0 aromatic heterocycles. The van der Waals surface area contributed by atoms with Gasteiger partial charge < -0.3 is 5.32 Å². The largest absolute Gasteiger partial charge is 0.384 e. The second-order valence-electron chi connectivity index (χ2n) is 6.10. The Hall–Kier alpha value is -1.07. The Morgan fingerprint density at radius 1 is 1.25 bits per heavy atom. The van der Waals surface area contributed by atoms with Gasteiger partial charge in [0.05, 0.1) is 4.90 Å². The Kier molecular flexibility index (Phi) is 3.50. The minimum Gasteiger partial charge on any atom is -0.384 e. The Morgan fingerprint density at radius 3 is 2.85 bits per heavy atom. The summed E-state index contributed by atoms with van der Waals surface area (Å²) in [6.07, 6.45) is 2.97. The number of anilines is 1. The van der Waals surface area contributed by atoms with Crippen LogP contribution in [0.5, 0.6) is 0 Å². The number of piperidine rings is 1. The van der Waals surface area contributed by atoms with Gasteiger partial charge in [-0.3, -0.25) is 0 Å². The van der Waals surface area contributed by atoms with Crippen LogP contribution in [0.25, 0.3) is 0 Å². The van der Waals surface area contributed by atoms with Gasteiger partial charge in [0.15, 0.2) is 0 Å². The molecule has 2 atom stereocenters. The lowest BCUT2D eigenvalue weighted by Crippen LogP contribution is -2.44. The molecule has 0 aliphatic carbocycles. The second kappa shape index (κ2) is 5.04. The Bertz CT molecular complexity index is 612. The van der Waals surface area contributed by atoms with Crippen molar-refractivity contribution < 1.29 is 8.42 Å². The van der Waals surface area contributed by atoms with Crippen LogP contribution in [0.1, 0.15) is 32.3 Å². The fourth-order valence-electron chi connectivity index (χ4n) is 3.16. The van der Waals surface area contributed by atoms with E-state index in [2.05, 4.69) is 12.2 Å². The van der Waals surface area contributed by atoms with E-state index in [0.717, 1.165) is 37.1 Å². The van der Waals surface area contributed by atoms with Crippen LogP contribution >= 0.6 is 0 Å². The standard InChI is InChI=1S/C15H22N2O2S/c1-11-3-4-12(2)17(10-11)20(18,19)14-5-6-15-13(9-14)7-8-16-15/h5-6,9,11-12,16H,3-4,7-8,10H2,1-2H3. The van der Waals surface area contributed by atoms with Crippen molar-refractivity contribution in [2.75, 3.05) is 18.4 Å². The van der Waals surface area contributed by atoms with Crippen LogP contribution in [0.15, 0.2) is 23.1 Å². The van der Waals surface area contributed by atoms with Crippen molar-refractivity contribution >= 4 is 15.7 Å². The summed E-state index contributed by atoms with van der Waals surface area (Å²) in [7, 11) is -3.36. The lowest BCUT2D eigenvalue weighted by Gasteiger charge is -2.35. The van der Waals surface area contributed by atoms with Crippen molar-refractivity contribution in [1.29, 1.82) is 0 Å². The smallest absolute Gasteiger partial charge is 0.243 e. The van der Waals surface area contributed by atoms with Crippen LogP contribution in [0.2, 0.25) is 0 Å². The predicted molar refractivity (Wildman–Crippen MR) is 80.4 cm³/mol. The van der Waals surface area contributed by atoms with Gasteiger partial charge in [0, 0.05) is 24.8 Å². The number of hydrogen-bond donors (Lipinski definition) is 1. The maximum Gasteiger partial charge on any atom is 0.243 e. The summed E-state index contributed by atoms with van der Waals surface area (Å²) in [4.78, 5) is 0.445. The third kappa shape index (κ3) is 2.33. The SMILES string of the molecule is CC1CCC(C)N(S(=O)(=O)c2ccc3c(c2)CCN3)C1.